The van der Waals surface area contributed by atoms with Gasteiger partial charge < -0.3 is 19.0 Å². The molecule has 1 fully saturated rings. The van der Waals surface area contributed by atoms with Gasteiger partial charge in [-0.1, -0.05) is 79.1 Å². The monoisotopic (exact) mass is 562 g/mol. The Morgan fingerprint density at radius 2 is 1.71 bits per heavy atom. The molecule has 2 heterocycles. The standard InChI is InChI=1S/C36H38N2O4/c1-25-12-14-28(15-13-25)34-32-22-30(17-16-27(32)20-21-38(34)35(39)29-10-6-7-11-29)41-24-31-18-19-33(42-31)36(40)37(2)23-26-8-4-3-5-9-26/h3-5,8-9,12-19,22,29,34H,6-7,10-11,20-21,23-24H2,1-2H3. The third kappa shape index (κ3) is 5.98. The van der Waals surface area contributed by atoms with Crippen molar-refractivity contribution in [2.24, 2.45) is 5.92 Å². The second-order valence-corrected chi connectivity index (χ2v) is 11.6. The summed E-state index contributed by atoms with van der Waals surface area (Å²) in [5.74, 6) is 1.82. The third-order valence-electron chi connectivity index (χ3n) is 8.59. The second-order valence-electron chi connectivity index (χ2n) is 11.6. The van der Waals surface area contributed by atoms with Crippen LogP contribution in [0.5, 0.6) is 5.75 Å². The number of carbonyl (C=O) groups is 2. The zero-order valence-corrected chi connectivity index (χ0v) is 24.4. The van der Waals surface area contributed by atoms with Crippen LogP contribution in [-0.4, -0.2) is 35.2 Å². The number of fused-ring (bicyclic) bond motifs is 1. The van der Waals surface area contributed by atoms with E-state index < -0.39 is 0 Å². The fraction of sp³-hybridized carbons (Fsp3) is 0.333. The van der Waals surface area contributed by atoms with Crippen molar-refractivity contribution in [3.8, 4) is 5.75 Å². The predicted octanol–water partition coefficient (Wildman–Crippen LogP) is 7.10. The summed E-state index contributed by atoms with van der Waals surface area (Å²) in [4.78, 5) is 30.4. The molecule has 1 atom stereocenters. The molecule has 1 aromatic heterocycles. The summed E-state index contributed by atoms with van der Waals surface area (Å²) < 4.78 is 12.1. The minimum atomic E-state index is -0.174. The van der Waals surface area contributed by atoms with Crippen LogP contribution in [0, 0.1) is 12.8 Å². The van der Waals surface area contributed by atoms with E-state index in [9.17, 15) is 9.59 Å². The molecule has 6 heteroatoms. The first-order valence-corrected chi connectivity index (χ1v) is 15.0. The zero-order chi connectivity index (χ0) is 29.1. The molecule has 2 amide bonds. The molecule has 0 spiro atoms. The maximum absolute atomic E-state index is 13.7. The molecule has 0 N–H and O–H groups in total. The van der Waals surface area contributed by atoms with Crippen LogP contribution >= 0.6 is 0 Å². The van der Waals surface area contributed by atoms with E-state index in [4.69, 9.17) is 9.15 Å². The summed E-state index contributed by atoms with van der Waals surface area (Å²) in [5.41, 5.74) is 5.74. The molecule has 1 aliphatic carbocycles. The van der Waals surface area contributed by atoms with E-state index in [0.717, 1.165) is 55.3 Å². The van der Waals surface area contributed by atoms with E-state index in [1.807, 2.05) is 36.4 Å². The van der Waals surface area contributed by atoms with Crippen molar-refractivity contribution in [1.29, 1.82) is 0 Å². The molecule has 1 aliphatic heterocycles. The van der Waals surface area contributed by atoms with Crippen LogP contribution in [-0.2, 0) is 24.4 Å². The van der Waals surface area contributed by atoms with Crippen LogP contribution in [0.4, 0.5) is 0 Å². The summed E-state index contributed by atoms with van der Waals surface area (Å²) in [7, 11) is 1.77. The molecular formula is C36H38N2O4. The molecule has 0 radical (unpaired) electrons. The van der Waals surface area contributed by atoms with Gasteiger partial charge in [0.2, 0.25) is 5.91 Å². The number of ether oxygens (including phenoxy) is 1. The Bertz CT molecular complexity index is 1540. The summed E-state index contributed by atoms with van der Waals surface area (Å²) in [6, 6.07) is 28.0. The van der Waals surface area contributed by atoms with Crippen LogP contribution in [0.25, 0.3) is 0 Å². The quantitative estimate of drug-likeness (QED) is 0.230. The summed E-state index contributed by atoms with van der Waals surface area (Å²) >= 11 is 0. The fourth-order valence-corrected chi connectivity index (χ4v) is 6.28. The Labute approximate surface area is 247 Å². The molecule has 42 heavy (non-hydrogen) atoms. The Morgan fingerprint density at radius 1 is 0.952 bits per heavy atom. The number of benzene rings is 3. The van der Waals surface area contributed by atoms with Crippen LogP contribution in [0.2, 0.25) is 0 Å². The number of amides is 2. The molecule has 2 aliphatic rings. The molecule has 6 nitrogen and oxygen atoms in total. The molecule has 0 bridgehead atoms. The number of hydrogen-bond donors (Lipinski definition) is 0. The van der Waals surface area contributed by atoms with Gasteiger partial charge in [-0.15, -0.1) is 0 Å². The van der Waals surface area contributed by atoms with Crippen molar-refractivity contribution in [3.63, 3.8) is 0 Å². The lowest BCUT2D eigenvalue weighted by molar-refractivity contribution is -0.137. The van der Waals surface area contributed by atoms with Crippen molar-refractivity contribution in [2.45, 2.75) is 58.2 Å². The van der Waals surface area contributed by atoms with E-state index in [-0.39, 0.29) is 36.1 Å². The van der Waals surface area contributed by atoms with Crippen molar-refractivity contribution in [1.82, 2.24) is 9.80 Å². The number of rotatable bonds is 8. The molecule has 1 unspecified atom stereocenters. The minimum Gasteiger partial charge on any atom is -0.486 e. The molecule has 0 saturated heterocycles. The Balaban J connectivity index is 1.18. The SMILES string of the molecule is Cc1ccc(C2c3cc(OCc4ccc(C(=O)N(C)Cc5ccccc5)o4)ccc3CCN2C(=O)C2CCCC2)cc1. The van der Waals surface area contributed by atoms with E-state index in [0.29, 0.717) is 18.1 Å². The average molecular weight is 563 g/mol. The number of furan rings is 1. The van der Waals surface area contributed by atoms with Crippen LogP contribution in [0.15, 0.2) is 89.3 Å². The van der Waals surface area contributed by atoms with Gasteiger partial charge >= 0.3 is 0 Å². The number of nitrogens with zero attached hydrogens (tertiary/aromatic N) is 2. The number of carbonyl (C=O) groups excluding carboxylic acids is 2. The van der Waals surface area contributed by atoms with Crippen LogP contribution < -0.4 is 4.74 Å². The lowest BCUT2D eigenvalue weighted by Crippen LogP contribution is -2.43. The minimum absolute atomic E-state index is 0.126. The highest BCUT2D eigenvalue weighted by molar-refractivity contribution is 5.91. The van der Waals surface area contributed by atoms with Gasteiger partial charge in [0.25, 0.3) is 5.91 Å². The highest BCUT2D eigenvalue weighted by atomic mass is 16.5. The van der Waals surface area contributed by atoms with Crippen molar-refractivity contribution >= 4 is 11.8 Å². The predicted molar refractivity (Wildman–Crippen MR) is 162 cm³/mol. The molecular weight excluding hydrogens is 524 g/mol. The second kappa shape index (κ2) is 12.3. The number of aryl methyl sites for hydroxylation is 1. The summed E-state index contributed by atoms with van der Waals surface area (Å²) in [5, 5.41) is 0. The molecule has 3 aromatic carbocycles. The first-order chi connectivity index (χ1) is 20.5. The van der Waals surface area contributed by atoms with E-state index in [1.165, 1.54) is 11.1 Å². The van der Waals surface area contributed by atoms with Gasteiger partial charge in [0.05, 0.1) is 6.04 Å². The van der Waals surface area contributed by atoms with Gasteiger partial charge in [-0.2, -0.15) is 0 Å². The topological polar surface area (TPSA) is 63.0 Å². The average Bonchev–Trinajstić information content (AvgIpc) is 3.73. The fourth-order valence-electron chi connectivity index (χ4n) is 6.28. The molecule has 4 aromatic rings. The van der Waals surface area contributed by atoms with Gasteiger partial charge in [-0.3, -0.25) is 9.59 Å². The maximum atomic E-state index is 13.7. The Morgan fingerprint density at radius 3 is 2.48 bits per heavy atom. The highest BCUT2D eigenvalue weighted by Crippen LogP contribution is 2.40. The normalized spacial score (nSPS) is 16.7. The largest absolute Gasteiger partial charge is 0.486 e. The lowest BCUT2D eigenvalue weighted by atomic mass is 9.86. The van der Waals surface area contributed by atoms with Gasteiger partial charge in [-0.25, -0.2) is 0 Å². The van der Waals surface area contributed by atoms with Crippen molar-refractivity contribution in [2.75, 3.05) is 13.6 Å². The summed E-state index contributed by atoms with van der Waals surface area (Å²) in [6.07, 6.45) is 5.08. The molecule has 1 saturated carbocycles. The molecule has 216 valence electrons. The van der Waals surface area contributed by atoms with Gasteiger partial charge in [0, 0.05) is 26.1 Å². The van der Waals surface area contributed by atoms with Crippen LogP contribution in [0.3, 0.4) is 0 Å². The van der Waals surface area contributed by atoms with Crippen LogP contribution in [0.1, 0.15) is 75.9 Å². The number of hydrogen-bond acceptors (Lipinski definition) is 4. The highest BCUT2D eigenvalue weighted by Gasteiger charge is 2.36. The van der Waals surface area contributed by atoms with Crippen molar-refractivity contribution < 1.29 is 18.7 Å². The van der Waals surface area contributed by atoms with Gasteiger partial charge in [0.15, 0.2) is 5.76 Å². The maximum Gasteiger partial charge on any atom is 0.289 e. The van der Waals surface area contributed by atoms with Gasteiger partial charge in [-0.05, 0) is 72.7 Å². The molecule has 6 rings (SSSR count). The lowest BCUT2D eigenvalue weighted by Gasteiger charge is -2.39. The first kappa shape index (κ1) is 27.8. The van der Waals surface area contributed by atoms with E-state index in [2.05, 4.69) is 48.2 Å². The Kier molecular flexibility index (Phi) is 8.13. The first-order valence-electron chi connectivity index (χ1n) is 15.0. The Hall–Kier alpha value is -4.32. The van der Waals surface area contributed by atoms with E-state index >= 15 is 0 Å². The smallest absolute Gasteiger partial charge is 0.289 e. The third-order valence-corrected chi connectivity index (χ3v) is 8.59. The summed E-state index contributed by atoms with van der Waals surface area (Å²) in [6.45, 7) is 3.52. The van der Waals surface area contributed by atoms with E-state index in [1.54, 1.807) is 24.1 Å². The zero-order valence-electron chi connectivity index (χ0n) is 24.4. The van der Waals surface area contributed by atoms with Gasteiger partial charge in [0.1, 0.15) is 18.1 Å². The van der Waals surface area contributed by atoms with Crippen molar-refractivity contribution in [3.05, 3.63) is 124 Å².